The van der Waals surface area contributed by atoms with Crippen molar-refractivity contribution >= 4 is 34.8 Å². The number of thiazole rings is 1. The predicted octanol–water partition coefficient (Wildman–Crippen LogP) is 4.60. The smallest absolute Gasteiger partial charge is 0.233 e. The molecule has 178 valence electrons. The number of carbonyl (C=O) groups is 2. The molecule has 0 bridgehead atoms. The zero-order chi connectivity index (χ0) is 24.1. The first-order chi connectivity index (χ1) is 16.4. The number of ether oxygens (including phenoxy) is 1. The molecular formula is C25H26FN3O3S2. The normalized spacial score (nSPS) is 14.3. The van der Waals surface area contributed by atoms with Gasteiger partial charge in [-0.2, -0.15) is 0 Å². The molecule has 6 nitrogen and oxygen atoms in total. The van der Waals surface area contributed by atoms with Crippen LogP contribution in [0.5, 0.6) is 5.75 Å². The number of amides is 1. The number of thioether (sulfide) groups is 1. The second kappa shape index (κ2) is 11.1. The Morgan fingerprint density at radius 3 is 2.50 bits per heavy atom. The van der Waals surface area contributed by atoms with Crippen molar-refractivity contribution in [3.8, 4) is 16.3 Å². The van der Waals surface area contributed by atoms with E-state index in [-0.39, 0.29) is 17.4 Å². The fourth-order valence-electron chi connectivity index (χ4n) is 3.70. The summed E-state index contributed by atoms with van der Waals surface area (Å²) in [5, 5.41) is 3.06. The van der Waals surface area contributed by atoms with Gasteiger partial charge in [0, 0.05) is 54.1 Å². The Bertz CT molecular complexity index is 1160. The number of rotatable bonds is 8. The fraction of sp³-hybridized carbons (Fsp3) is 0.320. The van der Waals surface area contributed by atoms with Gasteiger partial charge in [0.2, 0.25) is 5.91 Å². The highest BCUT2D eigenvalue weighted by molar-refractivity contribution is 8.00. The molecule has 2 heterocycles. The number of hydrogen-bond acceptors (Lipinski definition) is 7. The van der Waals surface area contributed by atoms with E-state index in [9.17, 15) is 14.0 Å². The number of Topliss-reactive ketones (excluding diaryl/α,β-unsaturated/α-hetero) is 1. The maximum absolute atomic E-state index is 14.2. The molecule has 2 aromatic carbocycles. The van der Waals surface area contributed by atoms with E-state index in [0.29, 0.717) is 23.5 Å². The summed E-state index contributed by atoms with van der Waals surface area (Å²) in [4.78, 5) is 33.3. The van der Waals surface area contributed by atoms with Crippen molar-refractivity contribution < 1.29 is 18.7 Å². The van der Waals surface area contributed by atoms with Gasteiger partial charge >= 0.3 is 0 Å². The predicted molar refractivity (Wildman–Crippen MR) is 133 cm³/mol. The van der Waals surface area contributed by atoms with Gasteiger partial charge in [-0.1, -0.05) is 6.07 Å². The third kappa shape index (κ3) is 6.02. The van der Waals surface area contributed by atoms with Crippen LogP contribution in [-0.2, 0) is 11.3 Å². The van der Waals surface area contributed by atoms with Crippen LogP contribution in [-0.4, -0.2) is 65.5 Å². The molecular weight excluding hydrogens is 473 g/mol. The Morgan fingerprint density at radius 2 is 1.85 bits per heavy atom. The number of methoxy groups -OCH3 is 1. The zero-order valence-corrected chi connectivity index (χ0v) is 20.8. The number of ketones is 1. The van der Waals surface area contributed by atoms with Gasteiger partial charge in [-0.25, -0.2) is 9.37 Å². The van der Waals surface area contributed by atoms with Gasteiger partial charge < -0.3 is 9.64 Å². The van der Waals surface area contributed by atoms with Crippen molar-refractivity contribution in [3.05, 3.63) is 64.9 Å². The molecule has 1 amide bonds. The van der Waals surface area contributed by atoms with Crippen LogP contribution in [0.15, 0.2) is 52.7 Å². The molecule has 1 saturated heterocycles. The number of aromatic nitrogens is 1. The highest BCUT2D eigenvalue weighted by Crippen LogP contribution is 2.27. The van der Waals surface area contributed by atoms with Crippen molar-refractivity contribution in [3.63, 3.8) is 0 Å². The molecule has 1 fully saturated rings. The van der Waals surface area contributed by atoms with E-state index in [1.165, 1.54) is 24.8 Å². The third-order valence-corrected chi connectivity index (χ3v) is 7.66. The highest BCUT2D eigenvalue weighted by Gasteiger charge is 2.22. The maximum Gasteiger partial charge on any atom is 0.233 e. The molecule has 0 spiro atoms. The third-order valence-electron chi connectivity index (χ3n) is 5.69. The first-order valence-electron chi connectivity index (χ1n) is 10.9. The molecule has 0 atom stereocenters. The first kappa shape index (κ1) is 24.4. The van der Waals surface area contributed by atoms with Crippen LogP contribution in [0.25, 0.3) is 10.6 Å². The van der Waals surface area contributed by atoms with Crippen molar-refractivity contribution in [2.75, 3.05) is 39.0 Å². The summed E-state index contributed by atoms with van der Waals surface area (Å²) >= 11 is 2.79. The number of carbonyl (C=O) groups excluding carboxylic acids is 2. The summed E-state index contributed by atoms with van der Waals surface area (Å²) in [6.07, 6.45) is 0. The number of benzene rings is 2. The van der Waals surface area contributed by atoms with E-state index in [1.807, 2.05) is 29.2 Å². The topological polar surface area (TPSA) is 62.7 Å². The molecule has 0 radical (unpaired) electrons. The van der Waals surface area contributed by atoms with E-state index in [1.54, 1.807) is 30.6 Å². The zero-order valence-electron chi connectivity index (χ0n) is 19.1. The van der Waals surface area contributed by atoms with E-state index in [2.05, 4.69) is 10.3 Å². The van der Waals surface area contributed by atoms with E-state index >= 15 is 0 Å². The number of nitrogens with zero attached hydrogens (tertiary/aromatic N) is 3. The quantitative estimate of drug-likeness (QED) is 0.334. The summed E-state index contributed by atoms with van der Waals surface area (Å²) in [5.41, 5.74) is 2.42. The van der Waals surface area contributed by atoms with Crippen molar-refractivity contribution in [1.29, 1.82) is 0 Å². The minimum Gasteiger partial charge on any atom is -0.497 e. The molecule has 4 rings (SSSR count). The molecule has 1 aromatic heterocycles. The standard InChI is InChI=1S/C25H26FN3O3S2/c1-17(30)19-5-8-23(22(26)13-19)33-16-24(31)29-11-9-28(10-12-29)14-20-15-34-25(27-20)18-3-6-21(32-2)7-4-18/h3-8,13,15H,9-12,14,16H2,1-2H3. The van der Waals surface area contributed by atoms with Crippen molar-refractivity contribution in [2.45, 2.75) is 18.4 Å². The van der Waals surface area contributed by atoms with Crippen LogP contribution in [0, 0.1) is 5.82 Å². The summed E-state index contributed by atoms with van der Waals surface area (Å²) < 4.78 is 19.4. The largest absolute Gasteiger partial charge is 0.497 e. The molecule has 0 aliphatic carbocycles. The van der Waals surface area contributed by atoms with Crippen LogP contribution in [0.3, 0.4) is 0 Å². The number of halogens is 1. The Labute approximate surface area is 206 Å². The number of hydrogen-bond donors (Lipinski definition) is 0. The summed E-state index contributed by atoms with van der Waals surface area (Å²) in [5.74, 6) is 0.345. The SMILES string of the molecule is COc1ccc(-c2nc(CN3CCN(C(=O)CSc4ccc(C(C)=O)cc4F)CC3)cs2)cc1. The molecule has 3 aromatic rings. The first-order valence-corrected chi connectivity index (χ1v) is 12.8. The van der Waals surface area contributed by atoms with Crippen LogP contribution >= 0.6 is 23.1 Å². The highest BCUT2D eigenvalue weighted by atomic mass is 32.2. The van der Waals surface area contributed by atoms with Crippen LogP contribution in [0.4, 0.5) is 4.39 Å². The van der Waals surface area contributed by atoms with Gasteiger partial charge in [0.1, 0.15) is 16.6 Å². The lowest BCUT2D eigenvalue weighted by molar-refractivity contribution is -0.130. The number of piperazine rings is 1. The fourth-order valence-corrected chi connectivity index (χ4v) is 5.34. The lowest BCUT2D eigenvalue weighted by atomic mass is 10.1. The summed E-state index contributed by atoms with van der Waals surface area (Å²) in [7, 11) is 1.65. The minimum absolute atomic E-state index is 0.00450. The molecule has 0 unspecified atom stereocenters. The summed E-state index contributed by atoms with van der Waals surface area (Å²) in [6, 6.07) is 12.3. The molecule has 0 saturated carbocycles. The van der Waals surface area contributed by atoms with Gasteiger partial charge in [-0.3, -0.25) is 14.5 Å². The molecule has 1 aliphatic rings. The molecule has 9 heteroatoms. The molecule has 1 aliphatic heterocycles. The minimum atomic E-state index is -0.465. The van der Waals surface area contributed by atoms with Gasteiger partial charge in [-0.05, 0) is 43.3 Å². The van der Waals surface area contributed by atoms with E-state index < -0.39 is 5.82 Å². The Morgan fingerprint density at radius 1 is 1.12 bits per heavy atom. The Hall–Kier alpha value is -2.75. The Balaban J connectivity index is 1.24. The van der Waals surface area contributed by atoms with Crippen LogP contribution < -0.4 is 4.74 Å². The second-order valence-electron chi connectivity index (χ2n) is 8.02. The van der Waals surface area contributed by atoms with E-state index in [0.717, 1.165) is 41.6 Å². The average molecular weight is 500 g/mol. The Kier molecular flexibility index (Phi) is 7.97. The van der Waals surface area contributed by atoms with Gasteiger partial charge in [0.05, 0.1) is 18.6 Å². The molecule has 34 heavy (non-hydrogen) atoms. The van der Waals surface area contributed by atoms with Gasteiger partial charge in [0.25, 0.3) is 0 Å². The van der Waals surface area contributed by atoms with Gasteiger partial charge in [-0.15, -0.1) is 23.1 Å². The summed E-state index contributed by atoms with van der Waals surface area (Å²) in [6.45, 7) is 4.97. The lowest BCUT2D eigenvalue weighted by Gasteiger charge is -2.34. The average Bonchev–Trinajstić information content (AvgIpc) is 3.32. The van der Waals surface area contributed by atoms with Gasteiger partial charge in [0.15, 0.2) is 5.78 Å². The van der Waals surface area contributed by atoms with Crippen molar-refractivity contribution in [1.82, 2.24) is 14.8 Å². The van der Waals surface area contributed by atoms with Crippen LogP contribution in [0.2, 0.25) is 0 Å². The second-order valence-corrected chi connectivity index (χ2v) is 9.89. The monoisotopic (exact) mass is 499 g/mol. The van der Waals surface area contributed by atoms with Crippen LogP contribution in [0.1, 0.15) is 23.0 Å². The molecule has 0 N–H and O–H groups in total. The maximum atomic E-state index is 14.2. The lowest BCUT2D eigenvalue weighted by Crippen LogP contribution is -2.48. The van der Waals surface area contributed by atoms with E-state index in [4.69, 9.17) is 9.72 Å². The van der Waals surface area contributed by atoms with Crippen molar-refractivity contribution in [2.24, 2.45) is 0 Å².